The molecule has 0 bridgehead atoms. The minimum Gasteiger partial charge on any atom is -0.468 e. The summed E-state index contributed by atoms with van der Waals surface area (Å²) in [5.41, 5.74) is 5.73. The first kappa shape index (κ1) is 13.4. The summed E-state index contributed by atoms with van der Waals surface area (Å²) in [6, 6.07) is -0.536. The van der Waals surface area contributed by atoms with E-state index in [1.165, 1.54) is 13.5 Å². The van der Waals surface area contributed by atoms with Gasteiger partial charge < -0.3 is 20.1 Å². The van der Waals surface area contributed by atoms with Crippen molar-refractivity contribution in [3.8, 4) is 0 Å². The highest BCUT2D eigenvalue weighted by Crippen LogP contribution is 2.16. The van der Waals surface area contributed by atoms with Crippen molar-refractivity contribution in [2.75, 3.05) is 40.5 Å². The molecule has 1 rings (SSSR count). The molecule has 2 atom stereocenters. The molecular formula is C11H22N2O3. The van der Waals surface area contributed by atoms with Gasteiger partial charge in [0, 0.05) is 20.2 Å². The molecule has 16 heavy (non-hydrogen) atoms. The van der Waals surface area contributed by atoms with Gasteiger partial charge in [0.25, 0.3) is 0 Å². The van der Waals surface area contributed by atoms with E-state index >= 15 is 0 Å². The highest BCUT2D eigenvalue weighted by atomic mass is 16.5. The lowest BCUT2D eigenvalue weighted by Gasteiger charge is -2.33. The first-order chi connectivity index (χ1) is 7.67. The normalized spacial score (nSPS) is 24.1. The number of ether oxygens (including phenoxy) is 2. The first-order valence-electron chi connectivity index (χ1n) is 5.72. The van der Waals surface area contributed by atoms with Crippen LogP contribution < -0.4 is 5.73 Å². The molecule has 0 amide bonds. The standard InChI is InChI=1S/C11H22N2O3/c1-15-8-9-4-3-5-13(6-9)7-10(12)11(14)16-2/h9-10H,3-8,12H2,1-2H3. The molecule has 0 aromatic carbocycles. The number of carbonyl (C=O) groups is 1. The Bertz CT molecular complexity index is 221. The molecule has 1 aliphatic rings. The largest absolute Gasteiger partial charge is 0.468 e. The van der Waals surface area contributed by atoms with E-state index in [0.717, 1.165) is 26.1 Å². The van der Waals surface area contributed by atoms with Crippen LogP contribution in [0.15, 0.2) is 0 Å². The van der Waals surface area contributed by atoms with E-state index in [1.54, 1.807) is 7.11 Å². The number of hydrogen-bond donors (Lipinski definition) is 1. The number of nitrogens with zero attached hydrogens (tertiary/aromatic N) is 1. The molecule has 2 N–H and O–H groups in total. The van der Waals surface area contributed by atoms with Gasteiger partial charge in [-0.1, -0.05) is 0 Å². The third-order valence-electron chi connectivity index (χ3n) is 2.96. The number of carbonyl (C=O) groups excluding carboxylic acids is 1. The highest BCUT2D eigenvalue weighted by molar-refractivity contribution is 5.75. The van der Waals surface area contributed by atoms with E-state index in [0.29, 0.717) is 12.5 Å². The summed E-state index contributed by atoms with van der Waals surface area (Å²) in [7, 11) is 3.09. The highest BCUT2D eigenvalue weighted by Gasteiger charge is 2.23. The molecule has 5 heteroatoms. The number of likely N-dealkylation sites (tertiary alicyclic amines) is 1. The Balaban J connectivity index is 2.33. The van der Waals surface area contributed by atoms with Gasteiger partial charge in [0.2, 0.25) is 0 Å². The molecule has 0 aromatic rings. The van der Waals surface area contributed by atoms with Crippen LogP contribution in [0.3, 0.4) is 0 Å². The molecule has 0 aromatic heterocycles. The molecule has 0 saturated carbocycles. The molecule has 1 heterocycles. The van der Waals surface area contributed by atoms with E-state index in [2.05, 4.69) is 9.64 Å². The van der Waals surface area contributed by atoms with Crippen molar-refractivity contribution in [3.63, 3.8) is 0 Å². The second kappa shape index (κ2) is 6.83. The average molecular weight is 230 g/mol. The van der Waals surface area contributed by atoms with E-state index in [-0.39, 0.29) is 5.97 Å². The van der Waals surface area contributed by atoms with Gasteiger partial charge in [-0.25, -0.2) is 0 Å². The smallest absolute Gasteiger partial charge is 0.323 e. The van der Waals surface area contributed by atoms with Crippen LogP contribution in [-0.2, 0) is 14.3 Å². The SMILES string of the molecule is COCC1CCCN(CC(N)C(=O)OC)C1. The first-order valence-corrected chi connectivity index (χ1v) is 5.72. The molecule has 5 nitrogen and oxygen atoms in total. The Hall–Kier alpha value is -0.650. The molecule has 94 valence electrons. The van der Waals surface area contributed by atoms with Crippen molar-refractivity contribution in [3.05, 3.63) is 0 Å². The Labute approximate surface area is 96.9 Å². The maximum absolute atomic E-state index is 11.2. The fraction of sp³-hybridized carbons (Fsp3) is 0.909. The summed E-state index contributed by atoms with van der Waals surface area (Å²) in [4.78, 5) is 13.4. The topological polar surface area (TPSA) is 64.8 Å². The van der Waals surface area contributed by atoms with Gasteiger partial charge in [-0.2, -0.15) is 0 Å². The molecule has 0 radical (unpaired) electrons. The van der Waals surface area contributed by atoms with Crippen molar-refractivity contribution in [1.29, 1.82) is 0 Å². The number of rotatable bonds is 5. The van der Waals surface area contributed by atoms with E-state index in [1.807, 2.05) is 0 Å². The molecule has 2 unspecified atom stereocenters. The summed E-state index contributed by atoms with van der Waals surface area (Å²) in [6.07, 6.45) is 2.33. The minimum absolute atomic E-state index is 0.339. The van der Waals surface area contributed by atoms with Crippen molar-refractivity contribution < 1.29 is 14.3 Å². The zero-order valence-electron chi connectivity index (χ0n) is 10.1. The summed E-state index contributed by atoms with van der Waals surface area (Å²) in [5, 5.41) is 0. The van der Waals surface area contributed by atoms with Gasteiger partial charge in [-0.15, -0.1) is 0 Å². The zero-order valence-corrected chi connectivity index (χ0v) is 10.1. The van der Waals surface area contributed by atoms with Gasteiger partial charge in [-0.3, -0.25) is 4.79 Å². The summed E-state index contributed by atoms with van der Waals surface area (Å²) >= 11 is 0. The van der Waals surface area contributed by atoms with Gasteiger partial charge in [0.05, 0.1) is 13.7 Å². The number of piperidine rings is 1. The number of nitrogens with two attached hydrogens (primary N) is 1. The third-order valence-corrected chi connectivity index (χ3v) is 2.96. The quantitative estimate of drug-likeness (QED) is 0.665. The predicted octanol–water partition coefficient (Wildman–Crippen LogP) is -0.155. The molecule has 1 aliphatic heterocycles. The second-order valence-electron chi connectivity index (χ2n) is 4.35. The molecule has 1 fully saturated rings. The zero-order chi connectivity index (χ0) is 12.0. The van der Waals surface area contributed by atoms with Crippen LogP contribution in [0.2, 0.25) is 0 Å². The maximum Gasteiger partial charge on any atom is 0.323 e. The number of hydrogen-bond acceptors (Lipinski definition) is 5. The maximum atomic E-state index is 11.2. The van der Waals surface area contributed by atoms with Crippen molar-refractivity contribution in [1.82, 2.24) is 4.90 Å². The predicted molar refractivity (Wildman–Crippen MR) is 61.0 cm³/mol. The van der Waals surface area contributed by atoms with Crippen molar-refractivity contribution >= 4 is 5.97 Å². The fourth-order valence-electron chi connectivity index (χ4n) is 2.19. The van der Waals surface area contributed by atoms with Gasteiger partial charge in [-0.05, 0) is 25.3 Å². The number of methoxy groups -OCH3 is 2. The lowest BCUT2D eigenvalue weighted by Crippen LogP contribution is -2.47. The van der Waals surface area contributed by atoms with Gasteiger partial charge >= 0.3 is 5.97 Å². The average Bonchev–Trinajstić information content (AvgIpc) is 2.29. The Morgan fingerprint density at radius 2 is 2.31 bits per heavy atom. The Kier molecular flexibility index (Phi) is 5.73. The van der Waals surface area contributed by atoms with E-state index in [9.17, 15) is 4.79 Å². The number of esters is 1. The monoisotopic (exact) mass is 230 g/mol. The van der Waals surface area contributed by atoms with Gasteiger partial charge in [0.15, 0.2) is 0 Å². The van der Waals surface area contributed by atoms with Crippen LogP contribution in [0.25, 0.3) is 0 Å². The summed E-state index contributed by atoms with van der Waals surface area (Å²) in [5.74, 6) is 0.220. The Morgan fingerprint density at radius 1 is 1.56 bits per heavy atom. The molecule has 0 aliphatic carbocycles. The molecule has 1 saturated heterocycles. The fourth-order valence-corrected chi connectivity index (χ4v) is 2.19. The lowest BCUT2D eigenvalue weighted by atomic mass is 9.98. The minimum atomic E-state index is -0.536. The van der Waals surface area contributed by atoms with Crippen molar-refractivity contribution in [2.24, 2.45) is 11.7 Å². The Morgan fingerprint density at radius 3 is 2.94 bits per heavy atom. The lowest BCUT2D eigenvalue weighted by molar-refractivity contribution is -0.142. The van der Waals surface area contributed by atoms with Crippen LogP contribution in [0, 0.1) is 5.92 Å². The molecular weight excluding hydrogens is 208 g/mol. The van der Waals surface area contributed by atoms with Crippen LogP contribution in [0.5, 0.6) is 0 Å². The third kappa shape index (κ3) is 4.08. The summed E-state index contributed by atoms with van der Waals surface area (Å²) < 4.78 is 9.77. The van der Waals surface area contributed by atoms with Crippen LogP contribution >= 0.6 is 0 Å². The second-order valence-corrected chi connectivity index (χ2v) is 4.35. The van der Waals surface area contributed by atoms with Crippen molar-refractivity contribution in [2.45, 2.75) is 18.9 Å². The van der Waals surface area contributed by atoms with Crippen LogP contribution in [0.1, 0.15) is 12.8 Å². The van der Waals surface area contributed by atoms with Crippen LogP contribution in [0.4, 0.5) is 0 Å². The van der Waals surface area contributed by atoms with Crippen LogP contribution in [-0.4, -0.2) is 57.4 Å². The molecule has 0 spiro atoms. The van der Waals surface area contributed by atoms with E-state index < -0.39 is 6.04 Å². The van der Waals surface area contributed by atoms with Gasteiger partial charge in [0.1, 0.15) is 6.04 Å². The summed E-state index contributed by atoms with van der Waals surface area (Å²) in [6.45, 7) is 3.32. The van der Waals surface area contributed by atoms with E-state index in [4.69, 9.17) is 10.5 Å².